The van der Waals surface area contributed by atoms with Gasteiger partial charge in [-0.3, -0.25) is 9.48 Å². The largest absolute Gasteiger partial charge is 0.321 e. The van der Waals surface area contributed by atoms with Crippen LogP contribution >= 0.6 is 15.9 Å². The van der Waals surface area contributed by atoms with Crippen LogP contribution in [-0.4, -0.2) is 15.7 Å². The summed E-state index contributed by atoms with van der Waals surface area (Å²) in [5.74, 6) is -0.193. The Morgan fingerprint density at radius 1 is 1.47 bits per heavy atom. The molecule has 4 nitrogen and oxygen atoms in total. The summed E-state index contributed by atoms with van der Waals surface area (Å²) >= 11 is 3.36. The van der Waals surface area contributed by atoms with Crippen LogP contribution in [0.25, 0.3) is 0 Å². The molecule has 0 saturated heterocycles. The quantitative estimate of drug-likeness (QED) is 0.925. The molecule has 1 heterocycles. The molecule has 1 aromatic carbocycles. The molecular weight excluding hydrogens is 282 g/mol. The average molecular weight is 294 g/mol. The number of nitrogens with zero attached hydrogens (tertiary/aromatic N) is 2. The fourth-order valence-electron chi connectivity index (χ4n) is 1.59. The first-order chi connectivity index (χ1) is 8.06. The Hall–Kier alpha value is -1.62. The lowest BCUT2D eigenvalue weighted by Gasteiger charge is -2.03. The van der Waals surface area contributed by atoms with Gasteiger partial charge in [0.2, 0.25) is 0 Å². The minimum atomic E-state index is -0.193. The summed E-state index contributed by atoms with van der Waals surface area (Å²) in [5.41, 5.74) is 2.06. The van der Waals surface area contributed by atoms with E-state index in [1.165, 1.54) is 0 Å². The Balaban J connectivity index is 2.20. The highest BCUT2D eigenvalue weighted by Crippen LogP contribution is 2.16. The number of halogens is 1. The number of amides is 1. The first kappa shape index (κ1) is 11.9. The van der Waals surface area contributed by atoms with Crippen molar-refractivity contribution in [1.82, 2.24) is 9.78 Å². The molecule has 2 aromatic rings. The Morgan fingerprint density at radius 2 is 2.24 bits per heavy atom. The number of aromatic nitrogens is 2. The summed E-state index contributed by atoms with van der Waals surface area (Å²) in [7, 11) is 1.79. The molecule has 0 spiro atoms. The number of carbonyl (C=O) groups excluding carboxylic acids is 1. The van der Waals surface area contributed by atoms with E-state index in [0.29, 0.717) is 5.69 Å². The Labute approximate surface area is 108 Å². The van der Waals surface area contributed by atoms with E-state index < -0.39 is 0 Å². The van der Waals surface area contributed by atoms with Crippen LogP contribution in [0.4, 0.5) is 5.69 Å². The van der Waals surface area contributed by atoms with Gasteiger partial charge in [-0.05, 0) is 25.1 Å². The molecule has 0 aliphatic carbocycles. The van der Waals surface area contributed by atoms with Crippen LogP contribution in [0.1, 0.15) is 16.1 Å². The highest BCUT2D eigenvalue weighted by molar-refractivity contribution is 9.10. The van der Waals surface area contributed by atoms with Gasteiger partial charge in [-0.2, -0.15) is 5.10 Å². The molecular formula is C12H12BrN3O. The van der Waals surface area contributed by atoms with Crippen molar-refractivity contribution in [2.75, 3.05) is 5.32 Å². The van der Waals surface area contributed by atoms with Crippen molar-refractivity contribution in [2.24, 2.45) is 7.05 Å². The van der Waals surface area contributed by atoms with Crippen molar-refractivity contribution in [3.05, 3.63) is 46.2 Å². The zero-order chi connectivity index (χ0) is 12.4. The van der Waals surface area contributed by atoms with E-state index in [9.17, 15) is 4.79 Å². The first-order valence-electron chi connectivity index (χ1n) is 5.13. The molecule has 1 aromatic heterocycles. The van der Waals surface area contributed by atoms with Crippen LogP contribution in [0.15, 0.2) is 34.9 Å². The monoisotopic (exact) mass is 293 g/mol. The van der Waals surface area contributed by atoms with Crippen LogP contribution in [-0.2, 0) is 7.05 Å². The summed E-state index contributed by atoms with van der Waals surface area (Å²) in [6.45, 7) is 1.86. The second-order valence-corrected chi connectivity index (χ2v) is 4.71. The van der Waals surface area contributed by atoms with E-state index in [2.05, 4.69) is 26.3 Å². The van der Waals surface area contributed by atoms with Crippen LogP contribution in [0.2, 0.25) is 0 Å². The van der Waals surface area contributed by atoms with Gasteiger partial charge in [0.1, 0.15) is 0 Å². The predicted octanol–water partition coefficient (Wildman–Crippen LogP) is 2.74. The Bertz CT molecular complexity index is 563. The Kier molecular flexibility index (Phi) is 3.28. The van der Waals surface area contributed by atoms with E-state index in [-0.39, 0.29) is 5.91 Å². The number of carbonyl (C=O) groups is 1. The minimum Gasteiger partial charge on any atom is -0.321 e. The van der Waals surface area contributed by atoms with E-state index in [1.54, 1.807) is 11.7 Å². The third kappa shape index (κ3) is 2.74. The molecule has 0 atom stereocenters. The number of hydrogen-bond acceptors (Lipinski definition) is 2. The molecule has 0 unspecified atom stereocenters. The lowest BCUT2D eigenvalue weighted by Crippen LogP contribution is -2.14. The normalized spacial score (nSPS) is 10.3. The van der Waals surface area contributed by atoms with Gasteiger partial charge < -0.3 is 5.32 Å². The average Bonchev–Trinajstić information content (AvgIpc) is 2.58. The molecule has 88 valence electrons. The summed E-state index contributed by atoms with van der Waals surface area (Å²) < 4.78 is 2.55. The van der Waals surface area contributed by atoms with Crippen LogP contribution in [0.3, 0.4) is 0 Å². The van der Waals surface area contributed by atoms with E-state index >= 15 is 0 Å². The summed E-state index contributed by atoms with van der Waals surface area (Å²) in [5, 5.41) is 6.93. The number of rotatable bonds is 2. The standard InChI is InChI=1S/C12H12BrN3O/c1-8-7-16(2)15-11(8)12(17)14-10-5-3-4-9(13)6-10/h3-7H,1-2H3,(H,14,17). The highest BCUT2D eigenvalue weighted by atomic mass is 79.9. The predicted molar refractivity (Wildman–Crippen MR) is 70.0 cm³/mol. The maximum atomic E-state index is 12.0. The lowest BCUT2D eigenvalue weighted by atomic mass is 10.2. The third-order valence-corrected chi connectivity index (χ3v) is 2.80. The van der Waals surface area contributed by atoms with Crippen molar-refractivity contribution in [2.45, 2.75) is 6.92 Å². The minimum absolute atomic E-state index is 0.193. The molecule has 1 amide bonds. The fourth-order valence-corrected chi connectivity index (χ4v) is 1.99. The zero-order valence-corrected chi connectivity index (χ0v) is 11.2. The fraction of sp³-hybridized carbons (Fsp3) is 0.167. The van der Waals surface area contributed by atoms with Gasteiger partial charge in [0.25, 0.3) is 5.91 Å². The number of benzene rings is 1. The molecule has 0 bridgehead atoms. The number of aryl methyl sites for hydroxylation is 2. The van der Waals surface area contributed by atoms with Crippen LogP contribution < -0.4 is 5.32 Å². The molecule has 5 heteroatoms. The molecule has 0 saturated carbocycles. The molecule has 2 rings (SSSR count). The van der Waals surface area contributed by atoms with Gasteiger partial charge in [-0.15, -0.1) is 0 Å². The van der Waals surface area contributed by atoms with Crippen molar-refractivity contribution in [3.8, 4) is 0 Å². The lowest BCUT2D eigenvalue weighted by molar-refractivity contribution is 0.102. The molecule has 1 N–H and O–H groups in total. The summed E-state index contributed by atoms with van der Waals surface area (Å²) in [6.07, 6.45) is 1.82. The smallest absolute Gasteiger partial charge is 0.276 e. The number of nitrogens with one attached hydrogen (secondary N) is 1. The van der Waals surface area contributed by atoms with Crippen molar-refractivity contribution < 1.29 is 4.79 Å². The maximum Gasteiger partial charge on any atom is 0.276 e. The number of anilines is 1. The van der Waals surface area contributed by atoms with Gasteiger partial charge in [0.15, 0.2) is 5.69 Å². The van der Waals surface area contributed by atoms with Crippen molar-refractivity contribution in [1.29, 1.82) is 0 Å². The highest BCUT2D eigenvalue weighted by Gasteiger charge is 2.13. The van der Waals surface area contributed by atoms with Crippen molar-refractivity contribution >= 4 is 27.5 Å². The molecule has 0 aliphatic rings. The van der Waals surface area contributed by atoms with Gasteiger partial charge in [0, 0.05) is 29.0 Å². The van der Waals surface area contributed by atoms with Gasteiger partial charge in [-0.1, -0.05) is 22.0 Å². The van der Waals surface area contributed by atoms with Crippen LogP contribution in [0, 0.1) is 6.92 Å². The van der Waals surface area contributed by atoms with Crippen molar-refractivity contribution in [3.63, 3.8) is 0 Å². The molecule has 17 heavy (non-hydrogen) atoms. The maximum absolute atomic E-state index is 12.0. The van der Waals surface area contributed by atoms with Gasteiger partial charge in [0.05, 0.1) is 0 Å². The SMILES string of the molecule is Cc1cn(C)nc1C(=O)Nc1cccc(Br)c1. The van der Waals surface area contributed by atoms with Gasteiger partial charge in [-0.25, -0.2) is 0 Å². The second kappa shape index (κ2) is 4.71. The number of hydrogen-bond donors (Lipinski definition) is 1. The summed E-state index contributed by atoms with van der Waals surface area (Å²) in [4.78, 5) is 12.0. The first-order valence-corrected chi connectivity index (χ1v) is 5.93. The zero-order valence-electron chi connectivity index (χ0n) is 9.57. The second-order valence-electron chi connectivity index (χ2n) is 3.80. The van der Waals surface area contributed by atoms with Crippen LogP contribution in [0.5, 0.6) is 0 Å². The van der Waals surface area contributed by atoms with E-state index in [0.717, 1.165) is 15.7 Å². The Morgan fingerprint density at radius 3 is 2.82 bits per heavy atom. The third-order valence-electron chi connectivity index (χ3n) is 2.31. The molecule has 0 fully saturated rings. The topological polar surface area (TPSA) is 46.9 Å². The van der Waals surface area contributed by atoms with Gasteiger partial charge >= 0.3 is 0 Å². The van der Waals surface area contributed by atoms with E-state index in [1.807, 2.05) is 37.4 Å². The molecule has 0 aliphatic heterocycles. The van der Waals surface area contributed by atoms with E-state index in [4.69, 9.17) is 0 Å². The molecule has 0 radical (unpaired) electrons. The summed E-state index contributed by atoms with van der Waals surface area (Å²) in [6, 6.07) is 7.45.